The van der Waals surface area contributed by atoms with Gasteiger partial charge < -0.3 is 9.53 Å². The second kappa shape index (κ2) is 6.18. The van der Waals surface area contributed by atoms with E-state index in [1.165, 1.54) is 6.92 Å². The van der Waals surface area contributed by atoms with Gasteiger partial charge in [0, 0.05) is 25.5 Å². The van der Waals surface area contributed by atoms with Crippen molar-refractivity contribution in [1.29, 1.82) is 0 Å². The number of hydrogen-bond donors (Lipinski definition) is 0. The summed E-state index contributed by atoms with van der Waals surface area (Å²) in [6.45, 7) is 2.04. The molecule has 0 aromatic heterocycles. The molecule has 1 rings (SSSR count). The second-order valence-electron chi connectivity index (χ2n) is 3.76. The summed E-state index contributed by atoms with van der Waals surface area (Å²) in [5.41, 5.74) is 1.69. The van der Waals surface area contributed by atoms with Crippen molar-refractivity contribution in [3.8, 4) is 0 Å². The summed E-state index contributed by atoms with van der Waals surface area (Å²) in [4.78, 5) is 22.4. The molecule has 0 spiro atoms. The van der Waals surface area contributed by atoms with Crippen molar-refractivity contribution in [3.63, 3.8) is 0 Å². The molecule has 0 atom stereocenters. The van der Waals surface area contributed by atoms with Crippen molar-refractivity contribution in [2.45, 2.75) is 26.4 Å². The van der Waals surface area contributed by atoms with Crippen molar-refractivity contribution >= 4 is 11.6 Å². The Labute approximate surface area is 95.4 Å². The molecule has 0 unspecified atom stereocenters. The van der Waals surface area contributed by atoms with Crippen LogP contribution in [0.15, 0.2) is 24.3 Å². The third kappa shape index (κ3) is 3.95. The number of methoxy groups -OCH3 is 1. The van der Waals surface area contributed by atoms with Crippen LogP contribution in [-0.4, -0.2) is 18.7 Å². The number of ketones is 2. The summed E-state index contributed by atoms with van der Waals surface area (Å²) in [7, 11) is 1.63. The normalized spacial score (nSPS) is 10.1. The van der Waals surface area contributed by atoms with Crippen molar-refractivity contribution in [2.24, 2.45) is 0 Å². The van der Waals surface area contributed by atoms with Gasteiger partial charge in [0.15, 0.2) is 5.78 Å². The average Bonchev–Trinajstić information content (AvgIpc) is 2.27. The van der Waals surface area contributed by atoms with E-state index in [2.05, 4.69) is 0 Å². The number of ether oxygens (including phenoxy) is 1. The van der Waals surface area contributed by atoms with E-state index >= 15 is 0 Å². The SMILES string of the molecule is COCc1ccc(C(=O)CCC(C)=O)cc1. The summed E-state index contributed by atoms with van der Waals surface area (Å²) in [6.07, 6.45) is 0.609. The van der Waals surface area contributed by atoms with Gasteiger partial charge in [0.05, 0.1) is 6.61 Å². The molecular formula is C13H16O3. The third-order valence-electron chi connectivity index (χ3n) is 2.29. The summed E-state index contributed by atoms with van der Waals surface area (Å²) in [5.74, 6) is 0.0588. The van der Waals surface area contributed by atoms with Crippen molar-refractivity contribution in [2.75, 3.05) is 7.11 Å². The number of hydrogen-bond acceptors (Lipinski definition) is 3. The summed E-state index contributed by atoms with van der Waals surface area (Å²) in [5, 5.41) is 0. The smallest absolute Gasteiger partial charge is 0.163 e. The predicted octanol–water partition coefficient (Wildman–Crippen LogP) is 2.38. The number of carbonyl (C=O) groups excluding carboxylic acids is 2. The van der Waals surface area contributed by atoms with E-state index in [0.29, 0.717) is 25.0 Å². The largest absolute Gasteiger partial charge is 0.380 e. The minimum atomic E-state index is 0.0131. The molecule has 0 fully saturated rings. The van der Waals surface area contributed by atoms with Crippen LogP contribution >= 0.6 is 0 Å². The first-order valence-corrected chi connectivity index (χ1v) is 5.24. The first-order valence-electron chi connectivity index (χ1n) is 5.24. The van der Waals surface area contributed by atoms with Crippen LogP contribution in [-0.2, 0) is 16.1 Å². The fourth-order valence-electron chi connectivity index (χ4n) is 1.39. The van der Waals surface area contributed by atoms with Gasteiger partial charge in [-0.05, 0) is 12.5 Å². The van der Waals surface area contributed by atoms with Gasteiger partial charge in [-0.3, -0.25) is 4.79 Å². The van der Waals surface area contributed by atoms with Gasteiger partial charge >= 0.3 is 0 Å². The Balaban J connectivity index is 2.59. The van der Waals surface area contributed by atoms with Gasteiger partial charge in [-0.15, -0.1) is 0 Å². The molecule has 0 saturated heterocycles. The predicted molar refractivity (Wildman–Crippen MR) is 61.4 cm³/mol. The Morgan fingerprint density at radius 2 is 1.75 bits per heavy atom. The average molecular weight is 220 g/mol. The van der Waals surface area contributed by atoms with Gasteiger partial charge in [0.25, 0.3) is 0 Å². The lowest BCUT2D eigenvalue weighted by Crippen LogP contribution is -2.02. The monoisotopic (exact) mass is 220 g/mol. The van der Waals surface area contributed by atoms with Gasteiger partial charge in [-0.1, -0.05) is 24.3 Å². The number of benzene rings is 1. The molecule has 3 nitrogen and oxygen atoms in total. The Morgan fingerprint density at radius 1 is 1.12 bits per heavy atom. The highest BCUT2D eigenvalue weighted by molar-refractivity contribution is 5.97. The molecule has 1 aromatic carbocycles. The maximum Gasteiger partial charge on any atom is 0.163 e. The number of Topliss-reactive ketones (excluding diaryl/α,β-unsaturated/α-hetero) is 2. The molecule has 0 aliphatic rings. The fraction of sp³-hybridized carbons (Fsp3) is 0.385. The molecule has 16 heavy (non-hydrogen) atoms. The van der Waals surface area contributed by atoms with E-state index < -0.39 is 0 Å². The first kappa shape index (κ1) is 12.6. The minimum Gasteiger partial charge on any atom is -0.380 e. The van der Waals surface area contributed by atoms with E-state index in [4.69, 9.17) is 4.74 Å². The Bertz CT molecular complexity index is 365. The molecule has 0 bridgehead atoms. The minimum absolute atomic E-state index is 0.0131. The lowest BCUT2D eigenvalue weighted by molar-refractivity contribution is -0.116. The van der Waals surface area contributed by atoms with E-state index in [0.717, 1.165) is 5.56 Å². The lowest BCUT2D eigenvalue weighted by atomic mass is 10.0. The molecule has 0 heterocycles. The topological polar surface area (TPSA) is 43.4 Å². The van der Waals surface area contributed by atoms with Crippen LogP contribution < -0.4 is 0 Å². The zero-order valence-corrected chi connectivity index (χ0v) is 9.66. The lowest BCUT2D eigenvalue weighted by Gasteiger charge is -2.02. The molecule has 0 saturated carbocycles. The fourth-order valence-corrected chi connectivity index (χ4v) is 1.39. The van der Waals surface area contributed by atoms with Gasteiger partial charge in [-0.2, -0.15) is 0 Å². The van der Waals surface area contributed by atoms with Crippen LogP contribution in [0, 0.1) is 0 Å². The molecular weight excluding hydrogens is 204 g/mol. The Hall–Kier alpha value is -1.48. The molecule has 3 heteroatoms. The van der Waals surface area contributed by atoms with Crippen LogP contribution in [0.4, 0.5) is 0 Å². The highest BCUT2D eigenvalue weighted by Gasteiger charge is 2.06. The standard InChI is InChI=1S/C13H16O3/c1-10(14)3-8-13(15)12-6-4-11(5-7-12)9-16-2/h4-7H,3,8-9H2,1-2H3. The second-order valence-corrected chi connectivity index (χ2v) is 3.76. The third-order valence-corrected chi connectivity index (χ3v) is 2.29. The molecule has 0 N–H and O–H groups in total. The van der Waals surface area contributed by atoms with E-state index in [1.807, 2.05) is 12.1 Å². The van der Waals surface area contributed by atoms with Crippen molar-refractivity contribution in [3.05, 3.63) is 35.4 Å². The Morgan fingerprint density at radius 3 is 2.25 bits per heavy atom. The number of carbonyl (C=O) groups is 2. The van der Waals surface area contributed by atoms with Crippen LogP contribution in [0.25, 0.3) is 0 Å². The van der Waals surface area contributed by atoms with Crippen LogP contribution in [0.2, 0.25) is 0 Å². The van der Waals surface area contributed by atoms with Crippen LogP contribution in [0.5, 0.6) is 0 Å². The van der Waals surface area contributed by atoms with E-state index in [9.17, 15) is 9.59 Å². The summed E-state index contributed by atoms with van der Waals surface area (Å²) >= 11 is 0. The molecule has 0 radical (unpaired) electrons. The van der Waals surface area contributed by atoms with Crippen molar-refractivity contribution < 1.29 is 14.3 Å². The molecule has 86 valence electrons. The van der Waals surface area contributed by atoms with E-state index in [1.54, 1.807) is 19.2 Å². The van der Waals surface area contributed by atoms with Crippen LogP contribution in [0.3, 0.4) is 0 Å². The molecule has 0 aliphatic carbocycles. The highest BCUT2D eigenvalue weighted by Crippen LogP contribution is 2.09. The maximum absolute atomic E-state index is 11.6. The van der Waals surface area contributed by atoms with Crippen LogP contribution in [0.1, 0.15) is 35.7 Å². The van der Waals surface area contributed by atoms with E-state index in [-0.39, 0.29) is 11.6 Å². The zero-order valence-electron chi connectivity index (χ0n) is 9.66. The quantitative estimate of drug-likeness (QED) is 0.691. The van der Waals surface area contributed by atoms with Gasteiger partial charge in [-0.25, -0.2) is 0 Å². The van der Waals surface area contributed by atoms with Gasteiger partial charge in [0.1, 0.15) is 5.78 Å². The number of rotatable bonds is 6. The summed E-state index contributed by atoms with van der Waals surface area (Å²) in [6, 6.07) is 7.28. The van der Waals surface area contributed by atoms with Gasteiger partial charge in [0.2, 0.25) is 0 Å². The molecule has 1 aromatic rings. The Kier molecular flexibility index (Phi) is 4.86. The first-order chi connectivity index (χ1) is 7.63. The molecule has 0 amide bonds. The highest BCUT2D eigenvalue weighted by atomic mass is 16.5. The zero-order chi connectivity index (χ0) is 12.0. The summed E-state index contributed by atoms with van der Waals surface area (Å²) < 4.78 is 4.98. The van der Waals surface area contributed by atoms with Crippen molar-refractivity contribution in [1.82, 2.24) is 0 Å². The molecule has 0 aliphatic heterocycles. The maximum atomic E-state index is 11.6.